The summed E-state index contributed by atoms with van der Waals surface area (Å²) in [6, 6.07) is 2.12. The molecule has 1 aromatic rings. The van der Waals surface area contributed by atoms with Crippen molar-refractivity contribution < 1.29 is 8.42 Å². The summed E-state index contributed by atoms with van der Waals surface area (Å²) in [6.07, 6.45) is 2.68. The molecule has 0 radical (unpaired) electrons. The van der Waals surface area contributed by atoms with Crippen molar-refractivity contribution in [2.24, 2.45) is 7.05 Å². The Morgan fingerprint density at radius 2 is 2.05 bits per heavy atom. The van der Waals surface area contributed by atoms with Crippen LogP contribution in [0.15, 0.2) is 17.3 Å². The van der Waals surface area contributed by atoms with E-state index < -0.39 is 10.0 Å². The van der Waals surface area contributed by atoms with E-state index in [9.17, 15) is 8.42 Å². The van der Waals surface area contributed by atoms with Gasteiger partial charge in [0.05, 0.1) is 6.20 Å². The van der Waals surface area contributed by atoms with E-state index in [0.29, 0.717) is 19.1 Å². The minimum absolute atomic E-state index is 0.272. The summed E-state index contributed by atoms with van der Waals surface area (Å²) in [5.41, 5.74) is 0. The molecule has 0 amide bonds. The normalized spacial score (nSPS) is 26.1. The number of hydrogen-bond acceptors (Lipinski definition) is 5. The third kappa shape index (κ3) is 2.48. The van der Waals surface area contributed by atoms with Gasteiger partial charge in [-0.15, -0.1) is 0 Å². The van der Waals surface area contributed by atoms with Gasteiger partial charge in [0.25, 0.3) is 10.0 Å². The molecule has 1 N–H and O–H groups in total. The van der Waals surface area contributed by atoms with Gasteiger partial charge in [0.2, 0.25) is 0 Å². The average molecular weight is 299 g/mol. The van der Waals surface area contributed by atoms with E-state index in [1.165, 1.54) is 10.9 Å². The molecule has 2 aliphatic heterocycles. The van der Waals surface area contributed by atoms with Crippen LogP contribution in [0.1, 0.15) is 6.42 Å². The first-order valence-electron chi connectivity index (χ1n) is 7.02. The highest BCUT2D eigenvalue weighted by molar-refractivity contribution is 7.89. The number of aromatic nitrogens is 2. The van der Waals surface area contributed by atoms with Crippen molar-refractivity contribution in [1.29, 1.82) is 0 Å². The molecule has 3 rings (SSSR count). The van der Waals surface area contributed by atoms with Crippen molar-refractivity contribution in [3.63, 3.8) is 0 Å². The van der Waals surface area contributed by atoms with Gasteiger partial charge in [0.15, 0.2) is 5.03 Å². The SMILES string of the molecule is Cn1nccc1S(=O)(=O)N1CCN(C2CCNC2)CC1. The molecule has 2 fully saturated rings. The fourth-order valence-corrected chi connectivity index (χ4v) is 4.53. The number of sulfonamides is 1. The van der Waals surface area contributed by atoms with Crippen molar-refractivity contribution >= 4 is 10.0 Å². The number of hydrogen-bond donors (Lipinski definition) is 1. The van der Waals surface area contributed by atoms with E-state index in [1.807, 2.05) is 0 Å². The Morgan fingerprint density at radius 3 is 2.60 bits per heavy atom. The van der Waals surface area contributed by atoms with Crippen LogP contribution in [-0.2, 0) is 17.1 Å². The predicted octanol–water partition coefficient (Wildman–Crippen LogP) is -0.912. The van der Waals surface area contributed by atoms with E-state index in [0.717, 1.165) is 32.6 Å². The lowest BCUT2D eigenvalue weighted by Gasteiger charge is -2.36. The molecule has 3 heterocycles. The Balaban J connectivity index is 1.67. The molecule has 0 aromatic carbocycles. The third-order valence-electron chi connectivity index (χ3n) is 4.20. The molecule has 1 atom stereocenters. The van der Waals surface area contributed by atoms with Crippen molar-refractivity contribution in [3.05, 3.63) is 12.3 Å². The molecule has 8 heteroatoms. The first-order valence-corrected chi connectivity index (χ1v) is 8.46. The van der Waals surface area contributed by atoms with Gasteiger partial charge in [-0.3, -0.25) is 9.58 Å². The van der Waals surface area contributed by atoms with Crippen molar-refractivity contribution in [2.45, 2.75) is 17.5 Å². The Morgan fingerprint density at radius 1 is 1.30 bits per heavy atom. The molecule has 2 aliphatic rings. The maximum Gasteiger partial charge on any atom is 0.260 e. The van der Waals surface area contributed by atoms with Crippen molar-refractivity contribution in [2.75, 3.05) is 39.3 Å². The van der Waals surface area contributed by atoms with Crippen molar-refractivity contribution in [1.82, 2.24) is 24.3 Å². The van der Waals surface area contributed by atoms with Crippen LogP contribution in [-0.4, -0.2) is 72.7 Å². The van der Waals surface area contributed by atoms with Gasteiger partial charge in [-0.1, -0.05) is 0 Å². The monoisotopic (exact) mass is 299 g/mol. The molecular formula is C12H21N5O2S. The van der Waals surface area contributed by atoms with E-state index in [-0.39, 0.29) is 5.03 Å². The lowest BCUT2D eigenvalue weighted by atomic mass is 10.2. The predicted molar refractivity (Wildman–Crippen MR) is 74.8 cm³/mol. The molecule has 2 saturated heterocycles. The topological polar surface area (TPSA) is 70.5 Å². The summed E-state index contributed by atoms with van der Waals surface area (Å²) in [5.74, 6) is 0. The van der Waals surface area contributed by atoms with Gasteiger partial charge < -0.3 is 5.32 Å². The smallest absolute Gasteiger partial charge is 0.260 e. The minimum atomic E-state index is -3.40. The molecule has 1 aromatic heterocycles. The maximum atomic E-state index is 12.5. The molecule has 20 heavy (non-hydrogen) atoms. The Hall–Kier alpha value is -0.960. The average Bonchev–Trinajstić information content (AvgIpc) is 3.10. The zero-order chi connectivity index (χ0) is 14.2. The van der Waals surface area contributed by atoms with Crippen LogP contribution in [0.3, 0.4) is 0 Å². The number of nitrogens with one attached hydrogen (secondary N) is 1. The molecule has 0 spiro atoms. The molecular weight excluding hydrogens is 278 g/mol. The summed E-state index contributed by atoms with van der Waals surface area (Å²) in [6.45, 7) is 4.83. The van der Waals surface area contributed by atoms with Crippen LogP contribution in [0.2, 0.25) is 0 Å². The first kappa shape index (κ1) is 14.0. The second-order valence-corrected chi connectivity index (χ2v) is 7.26. The zero-order valence-corrected chi connectivity index (χ0v) is 12.5. The van der Waals surface area contributed by atoms with E-state index in [4.69, 9.17) is 0 Å². The summed E-state index contributed by atoms with van der Waals surface area (Å²) >= 11 is 0. The first-order chi connectivity index (χ1) is 9.59. The van der Waals surface area contributed by atoms with Gasteiger partial charge in [-0.05, 0) is 19.0 Å². The van der Waals surface area contributed by atoms with Gasteiger partial charge in [0, 0.05) is 45.8 Å². The number of nitrogens with zero attached hydrogens (tertiary/aromatic N) is 4. The number of aryl methyl sites for hydroxylation is 1. The van der Waals surface area contributed by atoms with Crippen LogP contribution in [0, 0.1) is 0 Å². The van der Waals surface area contributed by atoms with Crippen molar-refractivity contribution in [3.8, 4) is 0 Å². The largest absolute Gasteiger partial charge is 0.315 e. The van der Waals surface area contributed by atoms with Gasteiger partial charge in [0.1, 0.15) is 0 Å². The van der Waals surface area contributed by atoms with Gasteiger partial charge in [-0.2, -0.15) is 9.40 Å². The van der Waals surface area contributed by atoms with Crippen LogP contribution in [0.5, 0.6) is 0 Å². The molecule has 0 bridgehead atoms. The highest BCUT2D eigenvalue weighted by Gasteiger charge is 2.33. The molecule has 0 aliphatic carbocycles. The quantitative estimate of drug-likeness (QED) is 0.782. The second-order valence-electron chi connectivity index (χ2n) is 5.38. The molecule has 7 nitrogen and oxygen atoms in total. The summed E-state index contributed by atoms with van der Waals surface area (Å²) in [7, 11) is -1.74. The van der Waals surface area contributed by atoms with Gasteiger partial charge >= 0.3 is 0 Å². The molecule has 0 saturated carbocycles. The van der Waals surface area contributed by atoms with E-state index in [1.54, 1.807) is 17.4 Å². The fourth-order valence-electron chi connectivity index (χ4n) is 3.01. The fraction of sp³-hybridized carbons (Fsp3) is 0.750. The summed E-state index contributed by atoms with van der Waals surface area (Å²) in [4.78, 5) is 2.40. The number of piperazine rings is 1. The standard InChI is InChI=1S/C12H21N5O2S/c1-15-12(3-5-14-15)20(18,19)17-8-6-16(7-9-17)11-2-4-13-10-11/h3,5,11,13H,2,4,6-10H2,1H3. The van der Waals surface area contributed by atoms with Crippen LogP contribution in [0.25, 0.3) is 0 Å². The lowest BCUT2D eigenvalue weighted by Crippen LogP contribution is -2.52. The summed E-state index contributed by atoms with van der Waals surface area (Å²) in [5, 5.41) is 7.58. The molecule has 112 valence electrons. The third-order valence-corrected chi connectivity index (χ3v) is 6.18. The Bertz CT molecular complexity index is 556. The lowest BCUT2D eigenvalue weighted by molar-refractivity contribution is 0.145. The minimum Gasteiger partial charge on any atom is -0.315 e. The van der Waals surface area contributed by atoms with Crippen LogP contribution in [0.4, 0.5) is 0 Å². The number of rotatable bonds is 3. The van der Waals surface area contributed by atoms with E-state index in [2.05, 4.69) is 15.3 Å². The highest BCUT2D eigenvalue weighted by Crippen LogP contribution is 2.18. The highest BCUT2D eigenvalue weighted by atomic mass is 32.2. The zero-order valence-electron chi connectivity index (χ0n) is 11.7. The Labute approximate surface area is 119 Å². The van der Waals surface area contributed by atoms with Crippen LogP contribution >= 0.6 is 0 Å². The summed E-state index contributed by atoms with van der Waals surface area (Å²) < 4.78 is 28.1. The van der Waals surface area contributed by atoms with E-state index >= 15 is 0 Å². The van der Waals surface area contributed by atoms with Crippen LogP contribution < -0.4 is 5.32 Å². The second kappa shape index (κ2) is 5.44. The maximum absolute atomic E-state index is 12.5. The molecule has 1 unspecified atom stereocenters. The van der Waals surface area contributed by atoms with Gasteiger partial charge in [-0.25, -0.2) is 8.42 Å². The Kier molecular flexibility index (Phi) is 3.80.